The van der Waals surface area contributed by atoms with Crippen molar-refractivity contribution in [3.63, 3.8) is 0 Å². The lowest BCUT2D eigenvalue weighted by atomic mass is 10.1. The van der Waals surface area contributed by atoms with Crippen molar-refractivity contribution < 1.29 is 14.3 Å². The van der Waals surface area contributed by atoms with Crippen LogP contribution in [0.2, 0.25) is 5.02 Å². The highest BCUT2D eigenvalue weighted by Crippen LogP contribution is 2.38. The molecule has 0 radical (unpaired) electrons. The first-order valence-corrected chi connectivity index (χ1v) is 9.82. The van der Waals surface area contributed by atoms with Gasteiger partial charge in [-0.1, -0.05) is 37.6 Å². The minimum absolute atomic E-state index is 0.162. The first-order valence-electron chi connectivity index (χ1n) is 9.45. The molecule has 6 heteroatoms. The third kappa shape index (κ3) is 4.65. The summed E-state index contributed by atoms with van der Waals surface area (Å²) in [5, 5.41) is 3.26. The lowest BCUT2D eigenvalue weighted by Crippen LogP contribution is -2.36. The van der Waals surface area contributed by atoms with Crippen LogP contribution in [0.5, 0.6) is 5.75 Å². The highest BCUT2D eigenvalue weighted by atomic mass is 35.5. The molecule has 0 saturated heterocycles. The molecule has 0 fully saturated rings. The van der Waals surface area contributed by atoms with Crippen LogP contribution in [-0.4, -0.2) is 18.4 Å². The summed E-state index contributed by atoms with van der Waals surface area (Å²) in [4.78, 5) is 26.2. The van der Waals surface area contributed by atoms with Gasteiger partial charge < -0.3 is 15.0 Å². The van der Waals surface area contributed by atoms with E-state index in [0.717, 1.165) is 29.0 Å². The Morgan fingerprint density at radius 3 is 2.57 bits per heavy atom. The van der Waals surface area contributed by atoms with Crippen molar-refractivity contribution in [1.29, 1.82) is 0 Å². The maximum atomic E-state index is 12.9. The van der Waals surface area contributed by atoms with Gasteiger partial charge in [-0.2, -0.15) is 0 Å². The Hall–Kier alpha value is -2.53. The van der Waals surface area contributed by atoms with E-state index in [1.54, 1.807) is 17.0 Å². The van der Waals surface area contributed by atoms with Crippen LogP contribution in [0.4, 0.5) is 5.69 Å². The molecule has 28 heavy (non-hydrogen) atoms. The number of hydrogen-bond donors (Lipinski definition) is 1. The molecule has 0 aromatic heterocycles. The number of ether oxygens (including phenoxy) is 1. The molecule has 2 amide bonds. The smallest absolute Gasteiger partial charge is 0.254 e. The van der Waals surface area contributed by atoms with E-state index in [2.05, 4.69) is 19.2 Å². The molecule has 1 unspecified atom stereocenters. The van der Waals surface area contributed by atoms with Gasteiger partial charge >= 0.3 is 0 Å². The van der Waals surface area contributed by atoms with E-state index in [4.69, 9.17) is 16.3 Å². The quantitative estimate of drug-likeness (QED) is 0.744. The molecule has 1 aliphatic heterocycles. The fourth-order valence-electron chi connectivity index (χ4n) is 3.20. The zero-order valence-corrected chi connectivity index (χ0v) is 17.1. The minimum Gasteiger partial charge on any atom is -0.494 e. The fourth-order valence-corrected chi connectivity index (χ4v) is 3.38. The van der Waals surface area contributed by atoms with Crippen LogP contribution in [-0.2, 0) is 16.1 Å². The highest BCUT2D eigenvalue weighted by Gasteiger charge is 2.37. The Morgan fingerprint density at radius 2 is 1.93 bits per heavy atom. The standard InChI is InChI=1S/C22H25ClN2O3/c1-14(2)10-11-28-18-7-4-16(5-8-18)13-25-20-9-6-17(23)12-19(20)21(22(25)27)24-15(3)26/h4-9,12,14,21H,10-11,13H2,1-3H3,(H,24,26). The van der Waals surface area contributed by atoms with E-state index in [9.17, 15) is 9.59 Å². The van der Waals surface area contributed by atoms with Gasteiger partial charge in [0, 0.05) is 23.2 Å². The molecule has 1 aliphatic rings. The Balaban J connectivity index is 1.75. The van der Waals surface area contributed by atoms with Gasteiger partial charge in [0.2, 0.25) is 5.91 Å². The van der Waals surface area contributed by atoms with Gasteiger partial charge in [-0.3, -0.25) is 9.59 Å². The minimum atomic E-state index is -0.704. The fraction of sp³-hybridized carbons (Fsp3) is 0.364. The molecule has 5 nitrogen and oxygen atoms in total. The molecular weight excluding hydrogens is 376 g/mol. The summed E-state index contributed by atoms with van der Waals surface area (Å²) < 4.78 is 5.75. The molecule has 0 saturated carbocycles. The first kappa shape index (κ1) is 20.2. The average Bonchev–Trinajstić information content (AvgIpc) is 2.87. The van der Waals surface area contributed by atoms with Gasteiger partial charge in [0.25, 0.3) is 5.91 Å². The number of halogens is 1. The van der Waals surface area contributed by atoms with E-state index in [0.29, 0.717) is 24.1 Å². The van der Waals surface area contributed by atoms with Crippen molar-refractivity contribution in [2.75, 3.05) is 11.5 Å². The molecule has 0 spiro atoms. The number of nitrogens with zero attached hydrogens (tertiary/aromatic N) is 1. The van der Waals surface area contributed by atoms with Gasteiger partial charge in [-0.05, 0) is 48.2 Å². The van der Waals surface area contributed by atoms with Crippen LogP contribution in [0, 0.1) is 5.92 Å². The normalized spacial score (nSPS) is 15.7. The van der Waals surface area contributed by atoms with Crippen LogP contribution >= 0.6 is 11.6 Å². The summed E-state index contributed by atoms with van der Waals surface area (Å²) in [5.41, 5.74) is 2.47. The summed E-state index contributed by atoms with van der Waals surface area (Å²) >= 11 is 6.10. The van der Waals surface area contributed by atoms with E-state index in [1.807, 2.05) is 30.3 Å². The van der Waals surface area contributed by atoms with E-state index >= 15 is 0 Å². The molecule has 1 atom stereocenters. The second kappa shape index (κ2) is 8.65. The van der Waals surface area contributed by atoms with Crippen LogP contribution in [0.25, 0.3) is 0 Å². The monoisotopic (exact) mass is 400 g/mol. The zero-order valence-electron chi connectivity index (χ0n) is 16.4. The van der Waals surface area contributed by atoms with Crippen LogP contribution < -0.4 is 15.0 Å². The lowest BCUT2D eigenvalue weighted by molar-refractivity contribution is -0.126. The lowest BCUT2D eigenvalue weighted by Gasteiger charge is -2.18. The Kier molecular flexibility index (Phi) is 6.25. The van der Waals surface area contributed by atoms with Gasteiger partial charge in [0.1, 0.15) is 11.8 Å². The van der Waals surface area contributed by atoms with Crippen molar-refractivity contribution in [3.05, 3.63) is 58.6 Å². The van der Waals surface area contributed by atoms with Crippen LogP contribution in [0.3, 0.4) is 0 Å². The van der Waals surface area contributed by atoms with Gasteiger partial charge in [0.15, 0.2) is 0 Å². The molecule has 2 aromatic carbocycles. The maximum Gasteiger partial charge on any atom is 0.254 e. The number of anilines is 1. The molecular formula is C22H25ClN2O3. The topological polar surface area (TPSA) is 58.6 Å². The predicted molar refractivity (Wildman–Crippen MR) is 111 cm³/mol. The number of amides is 2. The molecule has 3 rings (SSSR count). The summed E-state index contributed by atoms with van der Waals surface area (Å²) in [5.74, 6) is 1.00. The van der Waals surface area contributed by atoms with E-state index in [1.165, 1.54) is 6.92 Å². The number of hydrogen-bond acceptors (Lipinski definition) is 3. The van der Waals surface area contributed by atoms with Gasteiger partial charge in [0.05, 0.1) is 13.2 Å². The largest absolute Gasteiger partial charge is 0.494 e. The van der Waals surface area contributed by atoms with Gasteiger partial charge in [-0.15, -0.1) is 0 Å². The summed E-state index contributed by atoms with van der Waals surface area (Å²) in [6, 6.07) is 12.4. The Labute approximate surface area is 170 Å². The first-order chi connectivity index (χ1) is 13.3. The number of carbonyl (C=O) groups excluding carboxylic acids is 2. The van der Waals surface area contributed by atoms with Crippen molar-refractivity contribution in [3.8, 4) is 5.75 Å². The highest BCUT2D eigenvalue weighted by molar-refractivity contribution is 6.31. The zero-order chi connectivity index (χ0) is 20.3. The molecule has 148 valence electrons. The third-order valence-electron chi connectivity index (χ3n) is 4.68. The number of benzene rings is 2. The van der Waals surface area contributed by atoms with Crippen LogP contribution in [0.15, 0.2) is 42.5 Å². The average molecular weight is 401 g/mol. The molecule has 1 heterocycles. The third-order valence-corrected chi connectivity index (χ3v) is 4.92. The van der Waals surface area contributed by atoms with Crippen molar-refractivity contribution in [2.24, 2.45) is 5.92 Å². The summed E-state index contributed by atoms with van der Waals surface area (Å²) in [7, 11) is 0. The molecule has 0 bridgehead atoms. The number of carbonyl (C=O) groups is 2. The summed E-state index contributed by atoms with van der Waals surface area (Å²) in [6.07, 6.45) is 1.01. The molecule has 2 aromatic rings. The Morgan fingerprint density at radius 1 is 1.21 bits per heavy atom. The van der Waals surface area contributed by atoms with E-state index < -0.39 is 6.04 Å². The van der Waals surface area contributed by atoms with Crippen molar-refractivity contribution in [2.45, 2.75) is 39.8 Å². The molecule has 0 aliphatic carbocycles. The van der Waals surface area contributed by atoms with E-state index in [-0.39, 0.29) is 11.8 Å². The van der Waals surface area contributed by atoms with Crippen molar-refractivity contribution >= 4 is 29.1 Å². The maximum absolute atomic E-state index is 12.9. The van der Waals surface area contributed by atoms with Crippen LogP contribution in [0.1, 0.15) is 44.4 Å². The second-order valence-electron chi connectivity index (χ2n) is 7.44. The number of nitrogens with one attached hydrogen (secondary N) is 1. The van der Waals surface area contributed by atoms with Crippen molar-refractivity contribution in [1.82, 2.24) is 5.32 Å². The second-order valence-corrected chi connectivity index (χ2v) is 7.87. The molecule has 1 N–H and O–H groups in total. The predicted octanol–water partition coefficient (Wildman–Crippen LogP) is 4.49. The van der Waals surface area contributed by atoms with Gasteiger partial charge in [-0.25, -0.2) is 0 Å². The SMILES string of the molecule is CC(=O)NC1C(=O)N(Cc2ccc(OCCC(C)C)cc2)c2ccc(Cl)cc21. The number of fused-ring (bicyclic) bond motifs is 1. The summed E-state index contributed by atoms with van der Waals surface area (Å²) in [6.45, 7) is 6.83. The Bertz CT molecular complexity index is 865. The number of rotatable bonds is 7.